The Bertz CT molecular complexity index is 521. The number of halogens is 1. The van der Waals surface area contributed by atoms with E-state index in [1.54, 1.807) is 0 Å². The number of nitrogens with one attached hydrogen (secondary N) is 3. The average molecular weight is 340 g/mol. The molecule has 1 aliphatic heterocycles. The molecule has 1 aliphatic rings. The lowest BCUT2D eigenvalue weighted by Crippen LogP contribution is -2.42. The van der Waals surface area contributed by atoms with Gasteiger partial charge >= 0.3 is 0 Å². The molecule has 0 aromatic heterocycles. The number of rotatable bonds is 6. The SMILES string of the molecule is CC1NNC(c2ccc(Cl)cc2)C1CC(=O)N[C@@H](CO)C(C)C. The smallest absolute Gasteiger partial charge is 0.220 e. The summed E-state index contributed by atoms with van der Waals surface area (Å²) in [6.07, 6.45) is 0.400. The van der Waals surface area contributed by atoms with Crippen LogP contribution in [-0.4, -0.2) is 29.7 Å². The summed E-state index contributed by atoms with van der Waals surface area (Å²) in [6, 6.07) is 7.71. The first-order chi connectivity index (χ1) is 10.9. The van der Waals surface area contributed by atoms with Gasteiger partial charge < -0.3 is 10.4 Å². The van der Waals surface area contributed by atoms with E-state index in [2.05, 4.69) is 23.1 Å². The number of carbonyl (C=O) groups is 1. The van der Waals surface area contributed by atoms with E-state index in [0.29, 0.717) is 11.4 Å². The minimum atomic E-state index is -0.200. The van der Waals surface area contributed by atoms with Crippen molar-refractivity contribution < 1.29 is 9.90 Å². The van der Waals surface area contributed by atoms with Crippen molar-refractivity contribution in [2.45, 2.75) is 45.3 Å². The molecule has 1 fully saturated rings. The highest BCUT2D eigenvalue weighted by Gasteiger charge is 2.35. The van der Waals surface area contributed by atoms with Crippen molar-refractivity contribution in [1.82, 2.24) is 16.2 Å². The highest BCUT2D eigenvalue weighted by Crippen LogP contribution is 2.31. The first-order valence-electron chi connectivity index (χ1n) is 8.09. The van der Waals surface area contributed by atoms with Crippen LogP contribution >= 0.6 is 11.6 Å². The summed E-state index contributed by atoms with van der Waals surface area (Å²) in [6.45, 7) is 5.99. The molecule has 1 heterocycles. The molecule has 6 heteroatoms. The summed E-state index contributed by atoms with van der Waals surface area (Å²) in [5, 5.41) is 13.0. The molecule has 0 aliphatic carbocycles. The number of hydrazine groups is 1. The minimum absolute atomic E-state index is 0.0286. The highest BCUT2D eigenvalue weighted by molar-refractivity contribution is 6.30. The first kappa shape index (κ1) is 18.2. The zero-order valence-electron chi connectivity index (χ0n) is 13.8. The van der Waals surface area contributed by atoms with Crippen LogP contribution in [0.15, 0.2) is 24.3 Å². The van der Waals surface area contributed by atoms with Crippen LogP contribution in [0.1, 0.15) is 38.8 Å². The van der Waals surface area contributed by atoms with Gasteiger partial charge in [-0.05, 0) is 30.5 Å². The van der Waals surface area contributed by atoms with Crippen molar-refractivity contribution in [1.29, 1.82) is 0 Å². The Morgan fingerprint density at radius 3 is 2.52 bits per heavy atom. The average Bonchev–Trinajstić information content (AvgIpc) is 2.86. The number of aliphatic hydroxyl groups is 1. The Hall–Kier alpha value is -1.14. The van der Waals surface area contributed by atoms with Crippen LogP contribution in [0.5, 0.6) is 0 Å². The molecule has 2 rings (SSSR count). The van der Waals surface area contributed by atoms with Gasteiger partial charge in [0, 0.05) is 23.4 Å². The zero-order valence-corrected chi connectivity index (χ0v) is 14.6. The molecule has 5 nitrogen and oxygen atoms in total. The molecule has 0 spiro atoms. The second-order valence-electron chi connectivity index (χ2n) is 6.58. The van der Waals surface area contributed by atoms with Crippen molar-refractivity contribution in [2.24, 2.45) is 11.8 Å². The highest BCUT2D eigenvalue weighted by atomic mass is 35.5. The molecule has 1 aromatic rings. The Morgan fingerprint density at radius 2 is 1.96 bits per heavy atom. The summed E-state index contributed by atoms with van der Waals surface area (Å²) in [5.41, 5.74) is 7.58. The van der Waals surface area contributed by atoms with Gasteiger partial charge in [-0.2, -0.15) is 0 Å². The summed E-state index contributed by atoms with van der Waals surface area (Å²) < 4.78 is 0. The number of aliphatic hydroxyl groups excluding tert-OH is 1. The predicted molar refractivity (Wildman–Crippen MR) is 91.9 cm³/mol. The Morgan fingerprint density at radius 1 is 1.30 bits per heavy atom. The molecule has 23 heavy (non-hydrogen) atoms. The monoisotopic (exact) mass is 339 g/mol. The van der Waals surface area contributed by atoms with Gasteiger partial charge in [0.25, 0.3) is 0 Å². The van der Waals surface area contributed by atoms with E-state index >= 15 is 0 Å². The maximum atomic E-state index is 12.4. The fourth-order valence-electron chi connectivity index (χ4n) is 2.92. The standard InChI is InChI=1S/C17H26ClN3O2/c1-10(2)15(9-22)19-16(23)8-14-11(3)20-21-17(14)12-4-6-13(18)7-5-12/h4-7,10-11,14-15,17,20-22H,8-9H2,1-3H3,(H,19,23)/t11?,14?,15-,17?/m0/s1. The van der Waals surface area contributed by atoms with Crippen molar-refractivity contribution >= 4 is 17.5 Å². The third-order valence-electron chi connectivity index (χ3n) is 4.53. The van der Waals surface area contributed by atoms with Crippen molar-refractivity contribution in [3.8, 4) is 0 Å². The molecule has 1 aromatic carbocycles. The summed E-state index contributed by atoms with van der Waals surface area (Å²) in [7, 11) is 0. The van der Waals surface area contributed by atoms with E-state index < -0.39 is 0 Å². The van der Waals surface area contributed by atoms with Crippen LogP contribution < -0.4 is 16.2 Å². The topological polar surface area (TPSA) is 73.4 Å². The van der Waals surface area contributed by atoms with Crippen LogP contribution in [0.3, 0.4) is 0 Å². The summed E-state index contributed by atoms with van der Waals surface area (Å²) >= 11 is 5.95. The maximum Gasteiger partial charge on any atom is 0.220 e. The van der Waals surface area contributed by atoms with Crippen molar-refractivity contribution in [2.75, 3.05) is 6.61 Å². The predicted octanol–water partition coefficient (Wildman–Crippen LogP) is 2.02. The number of hydrogen-bond donors (Lipinski definition) is 4. The van der Waals surface area contributed by atoms with E-state index in [4.69, 9.17) is 11.6 Å². The molecule has 128 valence electrons. The van der Waals surface area contributed by atoms with Crippen LogP contribution in [0.4, 0.5) is 0 Å². The minimum Gasteiger partial charge on any atom is -0.394 e. The molecular formula is C17H26ClN3O2. The van der Waals surface area contributed by atoms with Crippen molar-refractivity contribution in [3.63, 3.8) is 0 Å². The van der Waals surface area contributed by atoms with E-state index in [0.717, 1.165) is 5.56 Å². The molecule has 0 bridgehead atoms. The molecule has 4 atom stereocenters. The summed E-state index contributed by atoms with van der Waals surface area (Å²) in [5.74, 6) is 0.301. The van der Waals surface area contributed by atoms with Gasteiger partial charge in [0.05, 0.1) is 18.7 Å². The Kier molecular flexibility index (Phi) is 6.41. The third-order valence-corrected chi connectivity index (χ3v) is 4.79. The number of hydrogen-bond acceptors (Lipinski definition) is 4. The Balaban J connectivity index is 2.03. The second-order valence-corrected chi connectivity index (χ2v) is 7.01. The van der Waals surface area contributed by atoms with Gasteiger partial charge in [-0.3, -0.25) is 10.2 Å². The fraction of sp³-hybridized carbons (Fsp3) is 0.588. The van der Waals surface area contributed by atoms with Crippen LogP contribution in [-0.2, 0) is 4.79 Å². The molecule has 0 radical (unpaired) electrons. The maximum absolute atomic E-state index is 12.4. The largest absolute Gasteiger partial charge is 0.394 e. The normalized spacial score (nSPS) is 25.6. The lowest BCUT2D eigenvalue weighted by molar-refractivity contribution is -0.123. The molecule has 0 saturated carbocycles. The Labute approximate surface area is 142 Å². The van der Waals surface area contributed by atoms with Gasteiger partial charge in [-0.1, -0.05) is 37.6 Å². The zero-order chi connectivity index (χ0) is 17.0. The van der Waals surface area contributed by atoms with Gasteiger partial charge in [0.1, 0.15) is 0 Å². The first-order valence-corrected chi connectivity index (χ1v) is 8.47. The van der Waals surface area contributed by atoms with Gasteiger partial charge in [-0.25, -0.2) is 5.43 Å². The number of benzene rings is 1. The van der Waals surface area contributed by atoms with Gasteiger partial charge in [0.2, 0.25) is 5.91 Å². The van der Waals surface area contributed by atoms with Gasteiger partial charge in [-0.15, -0.1) is 0 Å². The van der Waals surface area contributed by atoms with Crippen molar-refractivity contribution in [3.05, 3.63) is 34.9 Å². The van der Waals surface area contributed by atoms with E-state index in [1.807, 2.05) is 38.1 Å². The van der Waals surface area contributed by atoms with E-state index in [-0.39, 0.29) is 42.5 Å². The molecule has 3 unspecified atom stereocenters. The van der Waals surface area contributed by atoms with E-state index in [1.165, 1.54) is 0 Å². The molecular weight excluding hydrogens is 314 g/mol. The molecule has 1 saturated heterocycles. The fourth-order valence-corrected chi connectivity index (χ4v) is 3.05. The molecule has 1 amide bonds. The van der Waals surface area contributed by atoms with Crippen LogP contribution in [0.2, 0.25) is 5.02 Å². The number of amides is 1. The van der Waals surface area contributed by atoms with Crippen LogP contribution in [0, 0.1) is 11.8 Å². The lowest BCUT2D eigenvalue weighted by Gasteiger charge is -2.24. The van der Waals surface area contributed by atoms with E-state index in [9.17, 15) is 9.90 Å². The lowest BCUT2D eigenvalue weighted by atomic mass is 9.87. The quantitative estimate of drug-likeness (QED) is 0.640. The second kappa shape index (κ2) is 8.11. The number of carbonyl (C=O) groups excluding carboxylic acids is 1. The van der Waals surface area contributed by atoms with Crippen LogP contribution in [0.25, 0.3) is 0 Å². The summed E-state index contributed by atoms with van der Waals surface area (Å²) in [4.78, 5) is 12.4. The molecule has 4 N–H and O–H groups in total. The third kappa shape index (κ3) is 4.67. The van der Waals surface area contributed by atoms with Gasteiger partial charge in [0.15, 0.2) is 0 Å².